The average Bonchev–Trinajstić information content (AvgIpc) is 2.13. The van der Waals surface area contributed by atoms with Crippen LogP contribution in [-0.2, 0) is 0 Å². The summed E-state index contributed by atoms with van der Waals surface area (Å²) in [7, 11) is 0. The fraction of sp³-hybridized carbons (Fsp3) is 1.00. The molecule has 0 spiro atoms. The Hall–Kier alpha value is -0.0400. The van der Waals surface area contributed by atoms with Crippen molar-refractivity contribution in [2.75, 3.05) is 0 Å². The van der Waals surface area contributed by atoms with Gasteiger partial charge in [0.2, 0.25) is 0 Å². The van der Waals surface area contributed by atoms with Crippen LogP contribution in [0.1, 0.15) is 73.6 Å². The molecule has 3 atom stereocenters. The maximum absolute atomic E-state index is 10.3. The summed E-state index contributed by atoms with van der Waals surface area (Å²) < 4.78 is 0. The predicted molar refractivity (Wildman–Crippen MR) is 75.0 cm³/mol. The van der Waals surface area contributed by atoms with Gasteiger partial charge in [-0.05, 0) is 48.3 Å². The SMILES string of the molecule is CC1CCC(C(C)(C)CCC(C)(C)C)C(O)C1. The summed E-state index contributed by atoms with van der Waals surface area (Å²) in [4.78, 5) is 0. The van der Waals surface area contributed by atoms with Crippen molar-refractivity contribution in [2.45, 2.75) is 79.8 Å². The minimum Gasteiger partial charge on any atom is -0.393 e. The van der Waals surface area contributed by atoms with Crippen molar-refractivity contribution in [1.82, 2.24) is 0 Å². The highest BCUT2D eigenvalue weighted by molar-refractivity contribution is 4.88. The van der Waals surface area contributed by atoms with Gasteiger partial charge in [0.15, 0.2) is 0 Å². The van der Waals surface area contributed by atoms with E-state index in [1.165, 1.54) is 25.7 Å². The molecular formula is C16H32O. The van der Waals surface area contributed by atoms with Gasteiger partial charge in [-0.25, -0.2) is 0 Å². The van der Waals surface area contributed by atoms with E-state index in [4.69, 9.17) is 0 Å². The standard InChI is InChI=1S/C16H32O/c1-12-7-8-13(14(17)11-12)16(5,6)10-9-15(2,3)4/h12-14,17H,7-11H2,1-6H3. The smallest absolute Gasteiger partial charge is 0.0576 e. The minimum atomic E-state index is -0.0753. The molecule has 1 aliphatic rings. The van der Waals surface area contributed by atoms with Crippen molar-refractivity contribution in [3.8, 4) is 0 Å². The van der Waals surface area contributed by atoms with Crippen LogP contribution < -0.4 is 0 Å². The Morgan fingerprint density at radius 2 is 1.59 bits per heavy atom. The lowest BCUT2D eigenvalue weighted by atomic mass is 9.64. The van der Waals surface area contributed by atoms with E-state index in [0.717, 1.165) is 6.42 Å². The monoisotopic (exact) mass is 240 g/mol. The molecule has 1 heteroatoms. The predicted octanol–water partition coefficient (Wildman–Crippen LogP) is 4.64. The quantitative estimate of drug-likeness (QED) is 0.762. The largest absolute Gasteiger partial charge is 0.393 e. The second-order valence-electron chi connectivity index (χ2n) is 8.14. The maximum atomic E-state index is 10.3. The van der Waals surface area contributed by atoms with Gasteiger partial charge >= 0.3 is 0 Å². The molecule has 0 amide bonds. The Bertz CT molecular complexity index is 236. The molecule has 0 aromatic carbocycles. The van der Waals surface area contributed by atoms with E-state index in [9.17, 15) is 5.11 Å². The fourth-order valence-electron chi connectivity index (χ4n) is 3.14. The van der Waals surface area contributed by atoms with E-state index < -0.39 is 0 Å². The first-order valence-electron chi connectivity index (χ1n) is 7.30. The zero-order chi connectivity index (χ0) is 13.3. The molecule has 0 radical (unpaired) electrons. The van der Waals surface area contributed by atoms with E-state index in [0.29, 0.717) is 17.3 Å². The summed E-state index contributed by atoms with van der Waals surface area (Å²) in [5, 5.41) is 10.3. The van der Waals surface area contributed by atoms with Crippen LogP contribution in [0.2, 0.25) is 0 Å². The molecule has 102 valence electrons. The Morgan fingerprint density at radius 3 is 2.06 bits per heavy atom. The molecule has 0 bridgehead atoms. The van der Waals surface area contributed by atoms with Gasteiger partial charge in [-0.15, -0.1) is 0 Å². The van der Waals surface area contributed by atoms with Crippen molar-refractivity contribution in [1.29, 1.82) is 0 Å². The first-order valence-corrected chi connectivity index (χ1v) is 7.30. The second kappa shape index (κ2) is 5.30. The molecule has 1 nitrogen and oxygen atoms in total. The Kier molecular flexibility index (Phi) is 4.68. The molecule has 1 N–H and O–H groups in total. The molecule has 0 aromatic rings. The first-order chi connectivity index (χ1) is 7.62. The number of aliphatic hydroxyl groups is 1. The van der Waals surface area contributed by atoms with Gasteiger partial charge in [0, 0.05) is 0 Å². The lowest BCUT2D eigenvalue weighted by molar-refractivity contribution is -0.0196. The summed E-state index contributed by atoms with van der Waals surface area (Å²) in [5.74, 6) is 1.21. The molecule has 0 saturated heterocycles. The number of rotatable bonds is 3. The third-order valence-electron chi connectivity index (χ3n) is 4.60. The molecule has 17 heavy (non-hydrogen) atoms. The third kappa shape index (κ3) is 4.62. The van der Waals surface area contributed by atoms with Crippen molar-refractivity contribution in [2.24, 2.45) is 22.7 Å². The van der Waals surface area contributed by atoms with Crippen LogP contribution in [-0.4, -0.2) is 11.2 Å². The molecule has 1 rings (SSSR count). The van der Waals surface area contributed by atoms with E-state index in [1.807, 2.05) is 0 Å². The summed E-state index contributed by atoms with van der Waals surface area (Å²) in [6, 6.07) is 0. The van der Waals surface area contributed by atoms with Crippen molar-refractivity contribution < 1.29 is 5.11 Å². The Labute approximate surface area is 108 Å². The summed E-state index contributed by atoms with van der Waals surface area (Å²) >= 11 is 0. The lowest BCUT2D eigenvalue weighted by Gasteiger charge is -2.43. The van der Waals surface area contributed by atoms with Crippen molar-refractivity contribution >= 4 is 0 Å². The van der Waals surface area contributed by atoms with Gasteiger partial charge in [0.05, 0.1) is 6.10 Å². The summed E-state index contributed by atoms with van der Waals surface area (Å²) in [6.45, 7) is 13.9. The third-order valence-corrected chi connectivity index (χ3v) is 4.60. The first kappa shape index (κ1) is 15.0. The van der Waals surface area contributed by atoms with Crippen LogP contribution in [0, 0.1) is 22.7 Å². The normalized spacial score (nSPS) is 31.6. The zero-order valence-electron chi connectivity index (χ0n) is 12.7. The van der Waals surface area contributed by atoms with Crippen LogP contribution in [0.3, 0.4) is 0 Å². The summed E-state index contributed by atoms with van der Waals surface area (Å²) in [5.41, 5.74) is 0.691. The maximum Gasteiger partial charge on any atom is 0.0576 e. The van der Waals surface area contributed by atoms with Crippen LogP contribution in [0.15, 0.2) is 0 Å². The van der Waals surface area contributed by atoms with Crippen LogP contribution in [0.4, 0.5) is 0 Å². The molecule has 1 fully saturated rings. The van der Waals surface area contributed by atoms with Crippen LogP contribution >= 0.6 is 0 Å². The molecule has 0 aliphatic heterocycles. The molecule has 0 heterocycles. The highest BCUT2D eigenvalue weighted by Gasteiger charge is 2.38. The van der Waals surface area contributed by atoms with Gasteiger partial charge in [-0.3, -0.25) is 0 Å². The highest BCUT2D eigenvalue weighted by Crippen LogP contribution is 2.44. The lowest BCUT2D eigenvalue weighted by Crippen LogP contribution is -2.39. The van der Waals surface area contributed by atoms with E-state index in [-0.39, 0.29) is 11.5 Å². The second-order valence-corrected chi connectivity index (χ2v) is 8.14. The van der Waals surface area contributed by atoms with Crippen molar-refractivity contribution in [3.63, 3.8) is 0 Å². The molecule has 3 unspecified atom stereocenters. The average molecular weight is 240 g/mol. The fourth-order valence-corrected chi connectivity index (χ4v) is 3.14. The topological polar surface area (TPSA) is 20.2 Å². The van der Waals surface area contributed by atoms with Gasteiger partial charge < -0.3 is 5.11 Å². The van der Waals surface area contributed by atoms with Crippen LogP contribution in [0.25, 0.3) is 0 Å². The van der Waals surface area contributed by atoms with E-state index in [1.54, 1.807) is 0 Å². The number of hydrogen-bond acceptors (Lipinski definition) is 1. The molecule has 1 saturated carbocycles. The Morgan fingerprint density at radius 1 is 1.00 bits per heavy atom. The van der Waals surface area contributed by atoms with E-state index >= 15 is 0 Å². The Balaban J connectivity index is 2.57. The molecule has 1 aliphatic carbocycles. The van der Waals surface area contributed by atoms with Gasteiger partial charge in [0.1, 0.15) is 0 Å². The number of aliphatic hydroxyl groups excluding tert-OH is 1. The van der Waals surface area contributed by atoms with Gasteiger partial charge in [-0.2, -0.15) is 0 Å². The molecule has 0 aromatic heterocycles. The number of hydrogen-bond donors (Lipinski definition) is 1. The van der Waals surface area contributed by atoms with E-state index in [2.05, 4.69) is 41.5 Å². The van der Waals surface area contributed by atoms with Crippen molar-refractivity contribution in [3.05, 3.63) is 0 Å². The minimum absolute atomic E-state index is 0.0753. The highest BCUT2D eigenvalue weighted by atomic mass is 16.3. The van der Waals surface area contributed by atoms with Gasteiger partial charge in [0.25, 0.3) is 0 Å². The molecular weight excluding hydrogens is 208 g/mol. The van der Waals surface area contributed by atoms with Crippen LogP contribution in [0.5, 0.6) is 0 Å². The zero-order valence-corrected chi connectivity index (χ0v) is 12.7. The van der Waals surface area contributed by atoms with Gasteiger partial charge in [-0.1, -0.05) is 48.0 Å². The summed E-state index contributed by atoms with van der Waals surface area (Å²) in [6.07, 6.45) is 5.91.